The summed E-state index contributed by atoms with van der Waals surface area (Å²) in [5, 5.41) is 9.76. The number of halogens is 3. The number of hydrogen-bond acceptors (Lipinski definition) is 5. The van der Waals surface area contributed by atoms with Crippen molar-refractivity contribution in [3.05, 3.63) is 64.9 Å². The maximum atomic E-state index is 14.0. The molecule has 1 aliphatic rings. The van der Waals surface area contributed by atoms with Crippen molar-refractivity contribution in [1.29, 1.82) is 0 Å². The first kappa shape index (κ1) is 18.9. The third-order valence-electron chi connectivity index (χ3n) is 5.01. The van der Waals surface area contributed by atoms with E-state index in [0.29, 0.717) is 42.4 Å². The van der Waals surface area contributed by atoms with Gasteiger partial charge in [-0.25, -0.2) is 13.2 Å². The lowest BCUT2D eigenvalue weighted by Crippen LogP contribution is -2.47. The summed E-state index contributed by atoms with van der Waals surface area (Å²) >= 11 is 1.38. The van der Waals surface area contributed by atoms with Gasteiger partial charge in [0.15, 0.2) is 5.01 Å². The van der Waals surface area contributed by atoms with Crippen LogP contribution in [0.5, 0.6) is 0 Å². The summed E-state index contributed by atoms with van der Waals surface area (Å²) in [6.45, 7) is 4.58. The molecule has 1 atom stereocenters. The highest BCUT2D eigenvalue weighted by Gasteiger charge is 2.26. The van der Waals surface area contributed by atoms with Gasteiger partial charge in [0, 0.05) is 37.8 Å². The molecule has 0 aliphatic carbocycles. The van der Waals surface area contributed by atoms with E-state index in [4.69, 9.17) is 0 Å². The largest absolute Gasteiger partial charge is 0.367 e. The highest BCUT2D eigenvalue weighted by atomic mass is 32.1. The van der Waals surface area contributed by atoms with Crippen LogP contribution in [0.15, 0.2) is 42.5 Å². The van der Waals surface area contributed by atoms with Gasteiger partial charge in [0.1, 0.15) is 22.5 Å². The van der Waals surface area contributed by atoms with Gasteiger partial charge in [0.25, 0.3) is 0 Å². The second kappa shape index (κ2) is 7.89. The molecule has 2 heterocycles. The third kappa shape index (κ3) is 3.74. The monoisotopic (exact) mass is 404 g/mol. The zero-order chi connectivity index (χ0) is 19.7. The van der Waals surface area contributed by atoms with E-state index in [-0.39, 0.29) is 11.9 Å². The van der Waals surface area contributed by atoms with Crippen LogP contribution in [0.1, 0.15) is 18.0 Å². The Morgan fingerprint density at radius 2 is 1.68 bits per heavy atom. The highest BCUT2D eigenvalue weighted by molar-refractivity contribution is 7.14. The molecule has 0 bridgehead atoms. The molecule has 28 heavy (non-hydrogen) atoms. The van der Waals surface area contributed by atoms with Gasteiger partial charge < -0.3 is 4.90 Å². The Balaban J connectivity index is 1.44. The maximum Gasteiger partial charge on any atom is 0.150 e. The molecule has 1 fully saturated rings. The Morgan fingerprint density at radius 3 is 2.43 bits per heavy atom. The number of aromatic nitrogens is 2. The SMILES string of the molecule is C[C@@H](c1nnc(-c2ccccc2F)s1)N1CCN(c2cc(F)ccc2F)CC1. The van der Waals surface area contributed by atoms with E-state index in [2.05, 4.69) is 15.1 Å². The van der Waals surface area contributed by atoms with E-state index in [0.717, 1.165) is 17.1 Å². The van der Waals surface area contributed by atoms with Crippen LogP contribution in [0.2, 0.25) is 0 Å². The second-order valence-corrected chi connectivity index (χ2v) is 7.73. The van der Waals surface area contributed by atoms with E-state index >= 15 is 0 Å². The third-order valence-corrected chi connectivity index (χ3v) is 6.14. The summed E-state index contributed by atoms with van der Waals surface area (Å²) < 4.78 is 41.4. The van der Waals surface area contributed by atoms with Crippen molar-refractivity contribution in [2.75, 3.05) is 31.1 Å². The maximum absolute atomic E-state index is 14.0. The van der Waals surface area contributed by atoms with Gasteiger partial charge in [-0.05, 0) is 31.2 Å². The van der Waals surface area contributed by atoms with Gasteiger partial charge in [0.05, 0.1) is 11.7 Å². The average molecular weight is 404 g/mol. The van der Waals surface area contributed by atoms with Crippen LogP contribution in [0.3, 0.4) is 0 Å². The summed E-state index contributed by atoms with van der Waals surface area (Å²) in [7, 11) is 0. The van der Waals surface area contributed by atoms with Gasteiger partial charge in [-0.2, -0.15) is 0 Å². The van der Waals surface area contributed by atoms with Crippen molar-refractivity contribution >= 4 is 17.0 Å². The van der Waals surface area contributed by atoms with Crippen molar-refractivity contribution in [3.63, 3.8) is 0 Å². The predicted octanol–water partition coefficient (Wildman–Crippen LogP) is 4.51. The first-order valence-corrected chi connectivity index (χ1v) is 9.87. The molecule has 0 radical (unpaired) electrons. The molecule has 2 aromatic carbocycles. The Morgan fingerprint density at radius 1 is 0.929 bits per heavy atom. The second-order valence-electron chi connectivity index (χ2n) is 6.72. The average Bonchev–Trinajstić information content (AvgIpc) is 3.20. The minimum absolute atomic E-state index is 0.0116. The van der Waals surface area contributed by atoms with Crippen LogP contribution in [-0.4, -0.2) is 41.3 Å². The summed E-state index contributed by atoms with van der Waals surface area (Å²) in [5.74, 6) is -1.17. The Hall–Kier alpha value is -2.45. The lowest BCUT2D eigenvalue weighted by atomic mass is 10.2. The smallest absolute Gasteiger partial charge is 0.150 e. The van der Waals surface area contributed by atoms with Crippen LogP contribution < -0.4 is 4.90 Å². The fraction of sp³-hybridized carbons (Fsp3) is 0.300. The summed E-state index contributed by atoms with van der Waals surface area (Å²) in [6, 6.07) is 10.0. The molecule has 0 N–H and O–H groups in total. The molecule has 1 aliphatic heterocycles. The quantitative estimate of drug-likeness (QED) is 0.641. The molecule has 8 heteroatoms. The van der Waals surface area contributed by atoms with Gasteiger partial charge in [-0.3, -0.25) is 4.90 Å². The molecule has 0 amide bonds. The van der Waals surface area contributed by atoms with E-state index in [1.165, 1.54) is 23.5 Å². The predicted molar refractivity (Wildman–Crippen MR) is 104 cm³/mol. The lowest BCUT2D eigenvalue weighted by molar-refractivity contribution is 0.197. The Labute approximate surface area is 165 Å². The normalized spacial score (nSPS) is 16.4. The number of piperazine rings is 1. The Kier molecular flexibility index (Phi) is 5.32. The fourth-order valence-electron chi connectivity index (χ4n) is 3.38. The molecule has 3 aromatic rings. The summed E-state index contributed by atoms with van der Waals surface area (Å²) in [6.07, 6.45) is 0. The molecule has 0 unspecified atom stereocenters. The number of hydrogen-bond donors (Lipinski definition) is 0. The number of rotatable bonds is 4. The van der Waals surface area contributed by atoms with Gasteiger partial charge >= 0.3 is 0 Å². The lowest BCUT2D eigenvalue weighted by Gasteiger charge is -2.38. The number of nitrogens with zero attached hydrogens (tertiary/aromatic N) is 4. The van der Waals surface area contributed by atoms with Crippen molar-refractivity contribution in [2.45, 2.75) is 13.0 Å². The number of anilines is 1. The summed E-state index contributed by atoms with van der Waals surface area (Å²) in [4.78, 5) is 4.08. The molecule has 4 nitrogen and oxygen atoms in total. The topological polar surface area (TPSA) is 32.3 Å². The molecule has 4 rings (SSSR count). The molecule has 0 saturated carbocycles. The van der Waals surface area contributed by atoms with Crippen LogP contribution in [-0.2, 0) is 0 Å². The van der Waals surface area contributed by atoms with Crippen LogP contribution in [0.25, 0.3) is 10.6 Å². The van der Waals surface area contributed by atoms with Gasteiger partial charge in [-0.15, -0.1) is 10.2 Å². The zero-order valence-electron chi connectivity index (χ0n) is 15.3. The van der Waals surface area contributed by atoms with Crippen LogP contribution in [0.4, 0.5) is 18.9 Å². The fourth-order valence-corrected chi connectivity index (χ4v) is 4.34. The van der Waals surface area contributed by atoms with Crippen molar-refractivity contribution in [1.82, 2.24) is 15.1 Å². The first-order chi connectivity index (χ1) is 13.5. The Bertz CT molecular complexity index is 970. The van der Waals surface area contributed by atoms with Crippen LogP contribution >= 0.6 is 11.3 Å². The van der Waals surface area contributed by atoms with Crippen LogP contribution in [0, 0.1) is 17.5 Å². The van der Waals surface area contributed by atoms with Gasteiger partial charge in [0.2, 0.25) is 0 Å². The van der Waals surface area contributed by atoms with Gasteiger partial charge in [-0.1, -0.05) is 23.5 Å². The number of benzene rings is 2. The minimum atomic E-state index is -0.443. The van der Waals surface area contributed by atoms with Crippen molar-refractivity contribution < 1.29 is 13.2 Å². The molecular formula is C20H19F3N4S. The molecular weight excluding hydrogens is 385 g/mol. The highest BCUT2D eigenvalue weighted by Crippen LogP contribution is 2.31. The standard InChI is InChI=1S/C20H19F3N4S/c1-13(19-24-25-20(28-19)15-4-2-3-5-16(15)22)26-8-10-27(11-9-26)18-12-14(21)6-7-17(18)23/h2-7,12-13H,8-11H2,1H3/t13-/m0/s1. The van der Waals surface area contributed by atoms with Crippen molar-refractivity contribution in [2.24, 2.45) is 0 Å². The molecule has 146 valence electrons. The molecule has 0 spiro atoms. The van der Waals surface area contributed by atoms with E-state index in [1.54, 1.807) is 18.2 Å². The summed E-state index contributed by atoms with van der Waals surface area (Å²) in [5.41, 5.74) is 0.745. The van der Waals surface area contributed by atoms with Crippen molar-refractivity contribution in [3.8, 4) is 10.6 Å². The molecule has 1 aromatic heterocycles. The zero-order valence-corrected chi connectivity index (χ0v) is 16.1. The van der Waals surface area contributed by atoms with E-state index in [9.17, 15) is 13.2 Å². The minimum Gasteiger partial charge on any atom is -0.367 e. The van der Waals surface area contributed by atoms with E-state index in [1.807, 2.05) is 11.8 Å². The molecule has 1 saturated heterocycles. The van der Waals surface area contributed by atoms with E-state index < -0.39 is 11.6 Å². The first-order valence-electron chi connectivity index (χ1n) is 9.05.